The van der Waals surface area contributed by atoms with E-state index in [4.69, 9.17) is 134 Å². The summed E-state index contributed by atoms with van der Waals surface area (Å²) in [5.41, 5.74) is 34.9. The fourth-order valence-corrected chi connectivity index (χ4v) is 14.2. The molecule has 0 bridgehead atoms. The third-order valence-corrected chi connectivity index (χ3v) is 22.6. The number of nitrogens with zero attached hydrogens (tertiary/aromatic N) is 11. The Morgan fingerprint density at radius 2 is 0.784 bits per heavy atom. The van der Waals surface area contributed by atoms with Gasteiger partial charge in [-0.1, -0.05) is 52.5 Å². The lowest BCUT2D eigenvalue weighted by atomic mass is 9.78. The standard InChI is InChI=1S/C24H22ClN5O2.C21H24ClN3O3.C20H27BClNO5.C16H16ClN3O.C8H8N2O2.C7H9BrN2.C5H5BrN2.C2HF3O.CH2Cl2/c1-30(2)18-5-6-21(27-13-18)16-9-17-10-19(32-24(17)20(25)11-16)14-29-23(31)8-4-15-3-7-22(26)28-12-15;1-21(2,3)28-20(26)24-12-16-9-14-8-13(10-17(22)19(14)27-16)18-7-6-15(11-23-18)25(4)5;1-18(2,3)26-17(24)23-11-14-9-12-8-13(10-15(22)16(12)25-14)21-27-19(4,5)20(6,7)28-21;1-20(2)12-3-4-15(19-9-12)10-5-11-6-13(8-18)21-16(11)14(17)7-10;9-8-2-1-7(5-10-8)3-4-12-6-11;1-10(2)6-3-4-7(8)9-5-6;6-5-2-1-4(7)3-8-5;3-2(4,5)1-6;2-1-3/h3-13H,14H2,1-2H3,(H2,26,28)(H,29,31);6-11H,12H2,1-5H3,(H,24,26);8-10H,11H2,1-7H3,(H,23,24);3-7,9H,8,18H2,1-2H3;1-6H,(H2,9,10);3-5H,1-2H3;1-3H,7H2;1H;1H2/b8-4+;;;;4-3+;;;;. The van der Waals surface area contributed by atoms with Gasteiger partial charge in [-0.3, -0.25) is 29.3 Å². The van der Waals surface area contributed by atoms with Gasteiger partial charge in [-0.25, -0.2) is 29.5 Å². The quantitative estimate of drug-likeness (QED) is 0.00708. The highest BCUT2D eigenvalue weighted by atomic mass is 79.9. The Kier molecular flexibility index (Phi) is 45.1. The van der Waals surface area contributed by atoms with Crippen molar-refractivity contribution in [3.8, 4) is 33.8 Å². The molecule has 15 aromatic rings. The van der Waals surface area contributed by atoms with Gasteiger partial charge in [-0.05, 0) is 281 Å². The first kappa shape index (κ1) is 120. The maximum Gasteiger partial charge on any atom is 0.494 e. The zero-order chi connectivity index (χ0) is 109. The lowest BCUT2D eigenvalue weighted by Crippen LogP contribution is -2.41. The number of halogens is 11. The van der Waals surface area contributed by atoms with E-state index in [1.54, 1.807) is 73.2 Å². The minimum Gasteiger partial charge on any atom is -0.458 e. The molecular formula is C104H114BBr2Cl6F3N18O14. The van der Waals surface area contributed by atoms with E-state index in [2.05, 4.69) is 87.4 Å². The highest BCUT2D eigenvalue weighted by molar-refractivity contribution is 9.10. The molecule has 44 heteroatoms. The molecule has 0 atom stereocenters. The minimum atomic E-state index is -4.64. The molecule has 1 fully saturated rings. The maximum atomic E-state index is 12.1. The van der Waals surface area contributed by atoms with Gasteiger partial charge >= 0.3 is 25.5 Å². The average Bonchev–Trinajstić information content (AvgIpc) is 1.61. The van der Waals surface area contributed by atoms with Crippen LogP contribution >= 0.6 is 101 Å². The molecule has 1 aliphatic heterocycles. The van der Waals surface area contributed by atoms with Crippen LogP contribution in [0.1, 0.15) is 103 Å². The molecule has 1 saturated heterocycles. The summed E-state index contributed by atoms with van der Waals surface area (Å²) in [6, 6.07) is 49.1. The van der Waals surface area contributed by atoms with Crippen LogP contribution in [0.5, 0.6) is 0 Å². The van der Waals surface area contributed by atoms with Crippen molar-refractivity contribution in [1.29, 1.82) is 0 Å². The highest BCUT2D eigenvalue weighted by Gasteiger charge is 2.52. The van der Waals surface area contributed by atoms with Gasteiger partial charge in [0.15, 0.2) is 22.3 Å². The number of alkyl carbamates (subject to hydrolysis) is 2. The molecule has 12 heterocycles. The molecule has 11 N–H and O–H groups in total. The van der Waals surface area contributed by atoms with Crippen molar-refractivity contribution in [2.24, 2.45) is 5.73 Å². The predicted molar refractivity (Wildman–Crippen MR) is 593 cm³/mol. The zero-order valence-electron chi connectivity index (χ0n) is 84.2. The number of hydrogen-bond acceptors (Lipinski definition) is 29. The molecule has 0 aliphatic carbocycles. The summed E-state index contributed by atoms with van der Waals surface area (Å²) in [6.45, 7) is 20.2. The van der Waals surface area contributed by atoms with Crippen molar-refractivity contribution in [2.45, 2.75) is 124 Å². The predicted octanol–water partition coefficient (Wildman–Crippen LogP) is 24.2. The van der Waals surface area contributed by atoms with Crippen molar-refractivity contribution in [3.63, 3.8) is 0 Å². The Labute approximate surface area is 902 Å². The Balaban J connectivity index is 0.000000215. The molecule has 1 aliphatic rings. The van der Waals surface area contributed by atoms with Gasteiger partial charge in [0, 0.05) is 113 Å². The first-order valence-electron chi connectivity index (χ1n) is 44.9. The van der Waals surface area contributed by atoms with Crippen LogP contribution in [0.3, 0.4) is 0 Å². The normalized spacial score (nSPS) is 12.2. The van der Waals surface area contributed by atoms with Gasteiger partial charge in [0.05, 0.1) is 146 Å². The maximum absolute atomic E-state index is 12.1. The third kappa shape index (κ3) is 38.8. The lowest BCUT2D eigenvalue weighted by Gasteiger charge is -2.32. The number of rotatable bonds is 20. The molecule has 0 radical (unpaired) electrons. The zero-order valence-corrected chi connectivity index (χ0v) is 91.9. The number of nitrogens with one attached hydrogen (secondary N) is 3. The number of carbonyl (C=O) groups is 5. The van der Waals surface area contributed by atoms with Crippen molar-refractivity contribution >= 4 is 241 Å². The van der Waals surface area contributed by atoms with Crippen LogP contribution in [-0.4, -0.2) is 163 Å². The fourth-order valence-electron chi connectivity index (χ4n) is 12.6. The molecule has 11 aromatic heterocycles. The smallest absolute Gasteiger partial charge is 0.458 e. The van der Waals surface area contributed by atoms with Gasteiger partial charge in [-0.15, -0.1) is 23.2 Å². The number of anilines is 7. The number of fused-ring (bicyclic) bond motifs is 4. The molecule has 4 aromatic carbocycles. The Morgan fingerprint density at radius 1 is 0.446 bits per heavy atom. The van der Waals surface area contributed by atoms with Gasteiger partial charge in [0.1, 0.15) is 55.1 Å². The van der Waals surface area contributed by atoms with Gasteiger partial charge < -0.3 is 99.7 Å². The lowest BCUT2D eigenvalue weighted by molar-refractivity contribution is -0.156. The van der Waals surface area contributed by atoms with Crippen molar-refractivity contribution < 1.29 is 78.3 Å². The molecule has 0 spiro atoms. The number of benzene rings is 4. The van der Waals surface area contributed by atoms with E-state index in [1.807, 2.05) is 285 Å². The van der Waals surface area contributed by atoms with Crippen LogP contribution in [0.25, 0.3) is 89.8 Å². The van der Waals surface area contributed by atoms with E-state index in [0.717, 1.165) is 110 Å². The first-order chi connectivity index (χ1) is 69.6. The van der Waals surface area contributed by atoms with Crippen molar-refractivity contribution in [1.82, 2.24) is 50.8 Å². The number of aromatic nitrogens is 7. The van der Waals surface area contributed by atoms with Crippen LogP contribution < -0.4 is 63.9 Å². The van der Waals surface area contributed by atoms with Crippen LogP contribution in [0.4, 0.5) is 62.8 Å². The van der Waals surface area contributed by atoms with E-state index >= 15 is 0 Å². The number of hydrogen-bond donors (Lipinski definition) is 7. The summed E-state index contributed by atoms with van der Waals surface area (Å²) in [5, 5.41) is 13.8. The van der Waals surface area contributed by atoms with E-state index in [0.29, 0.717) is 90.0 Å². The Bertz CT molecular complexity index is 6910. The number of ether oxygens (including phenoxy) is 3. The minimum absolute atomic E-state index is 0.194. The first-order valence-corrected chi connectivity index (χ1v) is 49.1. The van der Waals surface area contributed by atoms with Crippen LogP contribution in [0, 0.1) is 0 Å². The Hall–Kier alpha value is -13.2. The summed E-state index contributed by atoms with van der Waals surface area (Å²) in [6.07, 6.45) is 11.4. The number of alkyl halides is 5. The number of nitrogen functional groups attached to an aromatic ring is 3. The van der Waals surface area contributed by atoms with Gasteiger partial charge in [-0.2, -0.15) is 13.2 Å². The van der Waals surface area contributed by atoms with Crippen molar-refractivity contribution in [3.05, 3.63) is 277 Å². The van der Waals surface area contributed by atoms with Crippen LogP contribution in [0.15, 0.2) is 240 Å². The SMILES string of the molecule is CC(C)(C)OC(=O)NCc1cc2cc(B3OC(C)(C)C(C)(C)O3)cc(Cl)c2o1.CN(C)c1ccc(-c2cc(Cl)c3oc(CN)cc3c2)nc1.CN(C)c1ccc(-c2cc(Cl)c3oc(CNC(=O)/C=C/c4ccc(N)nc4)cc3c2)nc1.CN(C)c1ccc(-c2cc(Cl)c3oc(CNC(=O)OC(C)(C)C)cc3c2)nc1.CN(C)c1ccc(Br)nc1.ClCCl.Nc1ccc(/C=C/OC=O)cn1.Nc1ccc(Br)nc1.O=CC(F)(F)F. The largest absolute Gasteiger partial charge is 0.494 e. The summed E-state index contributed by atoms with van der Waals surface area (Å²) < 4.78 is 83.0. The third-order valence-electron chi connectivity index (χ3n) is 20.5. The van der Waals surface area contributed by atoms with E-state index < -0.39 is 54.2 Å². The molecule has 148 heavy (non-hydrogen) atoms. The average molecular weight is 2280 g/mol. The van der Waals surface area contributed by atoms with E-state index in [9.17, 15) is 32.3 Å². The molecule has 784 valence electrons. The Morgan fingerprint density at radius 3 is 1.09 bits per heavy atom. The van der Waals surface area contributed by atoms with Gasteiger partial charge in [0.2, 0.25) is 12.2 Å². The number of amides is 3. The fraction of sp³-hybridized carbons (Fsp3) is 0.269. The van der Waals surface area contributed by atoms with Gasteiger partial charge in [0.25, 0.3) is 6.47 Å². The number of furan rings is 4. The summed E-state index contributed by atoms with van der Waals surface area (Å²) in [4.78, 5) is 91.5. The second kappa shape index (κ2) is 55.7. The second-order valence-electron chi connectivity index (χ2n) is 35.8. The summed E-state index contributed by atoms with van der Waals surface area (Å²) in [5.74, 6) is 3.14. The summed E-state index contributed by atoms with van der Waals surface area (Å²) in [7, 11) is 15.3. The number of carbonyl (C=O) groups excluding carboxylic acids is 5. The number of pyridine rings is 7. The molecule has 0 unspecified atom stereocenters. The van der Waals surface area contributed by atoms with Crippen LogP contribution in [-0.2, 0) is 64.1 Å². The number of nitrogens with two attached hydrogens (primary N) is 4. The van der Waals surface area contributed by atoms with Crippen LogP contribution in [0.2, 0.25) is 20.1 Å². The molecule has 32 nitrogen and oxygen atoms in total. The van der Waals surface area contributed by atoms with Crippen molar-refractivity contribution in [2.75, 3.05) is 98.5 Å². The number of aldehydes is 1. The highest BCUT2D eigenvalue weighted by Crippen LogP contribution is 2.40. The molecular weight excluding hydrogens is 2170 g/mol. The second-order valence-corrected chi connectivity index (χ2v) is 39.9. The molecule has 0 saturated carbocycles. The molecule has 3 amide bonds. The topological polar surface area (TPSA) is 427 Å². The summed E-state index contributed by atoms with van der Waals surface area (Å²) >= 11 is 41.6. The van der Waals surface area contributed by atoms with E-state index in [1.165, 1.54) is 12.3 Å². The van der Waals surface area contributed by atoms with E-state index in [-0.39, 0.29) is 30.9 Å². The molecule has 16 rings (SSSR count). The monoisotopic (exact) mass is 2270 g/mol.